The fourth-order valence-electron chi connectivity index (χ4n) is 2.98. The number of ether oxygens (including phenoxy) is 1. The molecule has 2 N–H and O–H groups in total. The first-order chi connectivity index (χ1) is 17.1. The quantitative estimate of drug-likeness (QED) is 0.284. The Morgan fingerprint density at radius 1 is 0.972 bits per heavy atom. The topological polar surface area (TPSA) is 117 Å². The Kier molecular flexibility index (Phi) is 9.20. The minimum Gasteiger partial charge on any atom is -0.484 e. The Labute approximate surface area is 218 Å². The summed E-state index contributed by atoms with van der Waals surface area (Å²) in [7, 11) is -3.68. The first kappa shape index (κ1) is 26.9. The number of hydrogen-bond acceptors (Lipinski definition) is 6. The number of amides is 2. The molecule has 0 fully saturated rings. The van der Waals surface area contributed by atoms with E-state index in [-0.39, 0.29) is 12.5 Å². The van der Waals surface area contributed by atoms with Crippen LogP contribution in [-0.4, -0.2) is 45.9 Å². The molecular formula is C25H25BrN4O5S. The van der Waals surface area contributed by atoms with E-state index < -0.39 is 22.5 Å². The van der Waals surface area contributed by atoms with Crippen LogP contribution >= 0.6 is 15.9 Å². The van der Waals surface area contributed by atoms with Gasteiger partial charge in [-0.15, -0.1) is 0 Å². The number of benzene rings is 3. The predicted molar refractivity (Wildman–Crippen MR) is 144 cm³/mol. The van der Waals surface area contributed by atoms with Gasteiger partial charge in [-0.05, 0) is 73.2 Å². The predicted octanol–water partition coefficient (Wildman–Crippen LogP) is 3.69. The molecule has 3 rings (SSSR count). The van der Waals surface area contributed by atoms with Crippen molar-refractivity contribution in [3.05, 3.63) is 88.4 Å². The second-order valence-electron chi connectivity index (χ2n) is 7.81. The van der Waals surface area contributed by atoms with Crippen molar-refractivity contribution in [2.24, 2.45) is 5.10 Å². The highest BCUT2D eigenvalue weighted by Gasteiger charge is 2.20. The molecule has 36 heavy (non-hydrogen) atoms. The molecule has 9 nitrogen and oxygen atoms in total. The number of anilines is 2. The number of hydrogen-bond donors (Lipinski definition) is 2. The van der Waals surface area contributed by atoms with Gasteiger partial charge in [0.05, 0.1) is 18.2 Å². The average molecular weight is 573 g/mol. The number of carbonyl (C=O) groups excluding carboxylic acids is 2. The van der Waals surface area contributed by atoms with Gasteiger partial charge < -0.3 is 10.1 Å². The number of nitrogens with one attached hydrogen (secondary N) is 2. The van der Waals surface area contributed by atoms with Gasteiger partial charge in [0.25, 0.3) is 11.8 Å². The zero-order valence-electron chi connectivity index (χ0n) is 19.6. The fourth-order valence-corrected chi connectivity index (χ4v) is 4.11. The molecule has 0 aliphatic rings. The van der Waals surface area contributed by atoms with Crippen LogP contribution in [0, 0.1) is 6.92 Å². The first-order valence-electron chi connectivity index (χ1n) is 10.7. The molecule has 11 heteroatoms. The second kappa shape index (κ2) is 12.3. The maximum Gasteiger partial charge on any atom is 0.262 e. The summed E-state index contributed by atoms with van der Waals surface area (Å²) in [4.78, 5) is 24.3. The lowest BCUT2D eigenvalue weighted by Crippen LogP contribution is -2.38. The standard InChI is InChI=1S/C25H25BrN4O5S/c1-18-3-9-21(10-4-18)28-25(32)17-35-23-13-5-19(6-14-23)15-27-29-24(31)16-30(36(2,33)34)22-11-7-20(26)8-12-22/h3-15H,16-17H2,1-2H3,(H,28,32)(H,29,31)/b27-15-. The Hall–Kier alpha value is -3.70. The Balaban J connectivity index is 1.48. The number of halogens is 1. The monoisotopic (exact) mass is 572 g/mol. The number of rotatable bonds is 10. The summed E-state index contributed by atoms with van der Waals surface area (Å²) >= 11 is 3.29. The summed E-state index contributed by atoms with van der Waals surface area (Å²) in [5.74, 6) is -0.383. The summed E-state index contributed by atoms with van der Waals surface area (Å²) in [5, 5.41) is 6.64. The van der Waals surface area contributed by atoms with E-state index in [9.17, 15) is 18.0 Å². The van der Waals surface area contributed by atoms with E-state index in [1.807, 2.05) is 31.2 Å². The molecule has 0 saturated heterocycles. The van der Waals surface area contributed by atoms with Gasteiger partial charge in [-0.3, -0.25) is 13.9 Å². The van der Waals surface area contributed by atoms with Crippen LogP contribution in [0.3, 0.4) is 0 Å². The van der Waals surface area contributed by atoms with Crippen LogP contribution in [-0.2, 0) is 19.6 Å². The number of nitrogens with zero attached hydrogens (tertiary/aromatic N) is 2. The van der Waals surface area contributed by atoms with Crippen LogP contribution in [0.2, 0.25) is 0 Å². The lowest BCUT2D eigenvalue weighted by atomic mass is 10.2. The normalized spacial score (nSPS) is 11.2. The van der Waals surface area contributed by atoms with Crippen molar-refractivity contribution in [3.63, 3.8) is 0 Å². The van der Waals surface area contributed by atoms with Crippen molar-refractivity contribution in [1.29, 1.82) is 0 Å². The molecule has 0 spiro atoms. The summed E-state index contributed by atoms with van der Waals surface area (Å²) in [5.41, 5.74) is 5.15. The van der Waals surface area contributed by atoms with E-state index in [2.05, 4.69) is 31.8 Å². The Morgan fingerprint density at radius 3 is 2.22 bits per heavy atom. The van der Waals surface area contributed by atoms with E-state index in [0.29, 0.717) is 22.7 Å². The summed E-state index contributed by atoms with van der Waals surface area (Å²) < 4.78 is 31.5. The molecule has 0 aromatic heterocycles. The van der Waals surface area contributed by atoms with E-state index in [1.54, 1.807) is 48.5 Å². The molecule has 2 amide bonds. The van der Waals surface area contributed by atoms with E-state index in [0.717, 1.165) is 20.6 Å². The maximum absolute atomic E-state index is 12.3. The van der Waals surface area contributed by atoms with Gasteiger partial charge in [0.15, 0.2) is 6.61 Å². The smallest absolute Gasteiger partial charge is 0.262 e. The van der Waals surface area contributed by atoms with E-state index >= 15 is 0 Å². The third kappa shape index (κ3) is 8.51. The van der Waals surface area contributed by atoms with Crippen molar-refractivity contribution >= 4 is 55.4 Å². The molecule has 0 bridgehead atoms. The van der Waals surface area contributed by atoms with Gasteiger partial charge in [-0.1, -0.05) is 33.6 Å². The highest BCUT2D eigenvalue weighted by atomic mass is 79.9. The minimum atomic E-state index is -3.68. The molecule has 0 heterocycles. The van der Waals surface area contributed by atoms with E-state index in [4.69, 9.17) is 4.74 Å². The van der Waals surface area contributed by atoms with Gasteiger partial charge in [0.1, 0.15) is 12.3 Å². The van der Waals surface area contributed by atoms with Crippen LogP contribution in [0.1, 0.15) is 11.1 Å². The van der Waals surface area contributed by atoms with Crippen molar-refractivity contribution in [2.45, 2.75) is 6.92 Å². The van der Waals surface area contributed by atoms with Gasteiger partial charge in [-0.2, -0.15) is 5.10 Å². The van der Waals surface area contributed by atoms with Crippen molar-refractivity contribution < 1.29 is 22.7 Å². The molecule has 0 radical (unpaired) electrons. The summed E-state index contributed by atoms with van der Waals surface area (Å²) in [6, 6.07) is 20.8. The highest BCUT2D eigenvalue weighted by Crippen LogP contribution is 2.20. The number of carbonyl (C=O) groups is 2. The largest absolute Gasteiger partial charge is 0.484 e. The molecule has 0 saturated carbocycles. The molecular weight excluding hydrogens is 548 g/mol. The molecule has 3 aromatic rings. The van der Waals surface area contributed by atoms with Crippen LogP contribution < -0.4 is 19.8 Å². The van der Waals surface area contributed by atoms with Crippen molar-refractivity contribution in [3.8, 4) is 5.75 Å². The van der Waals surface area contributed by atoms with Crippen LogP contribution in [0.5, 0.6) is 5.75 Å². The van der Waals surface area contributed by atoms with E-state index in [1.165, 1.54) is 6.21 Å². The minimum absolute atomic E-state index is 0.146. The number of aryl methyl sites for hydroxylation is 1. The molecule has 0 aliphatic carbocycles. The van der Waals surface area contributed by atoms with Gasteiger partial charge in [-0.25, -0.2) is 13.8 Å². The maximum atomic E-state index is 12.3. The highest BCUT2D eigenvalue weighted by molar-refractivity contribution is 9.10. The van der Waals surface area contributed by atoms with Crippen molar-refractivity contribution in [2.75, 3.05) is 29.0 Å². The molecule has 0 aliphatic heterocycles. The third-order valence-corrected chi connectivity index (χ3v) is 6.46. The molecule has 3 aromatic carbocycles. The van der Waals surface area contributed by atoms with Gasteiger partial charge >= 0.3 is 0 Å². The molecule has 0 atom stereocenters. The zero-order valence-corrected chi connectivity index (χ0v) is 22.0. The SMILES string of the molecule is Cc1ccc(NC(=O)COc2ccc(/C=N\NC(=O)CN(c3ccc(Br)cc3)S(C)(=O)=O)cc2)cc1. The lowest BCUT2D eigenvalue weighted by Gasteiger charge is -2.21. The van der Waals surface area contributed by atoms with Crippen LogP contribution in [0.15, 0.2) is 82.4 Å². The summed E-state index contributed by atoms with van der Waals surface area (Å²) in [6.07, 6.45) is 2.44. The lowest BCUT2D eigenvalue weighted by molar-refractivity contribution is -0.119. The Morgan fingerprint density at radius 2 is 1.61 bits per heavy atom. The number of sulfonamides is 1. The van der Waals surface area contributed by atoms with Crippen LogP contribution in [0.25, 0.3) is 0 Å². The average Bonchev–Trinajstić information content (AvgIpc) is 2.83. The Bertz CT molecular complexity index is 1330. The summed E-state index contributed by atoms with van der Waals surface area (Å²) in [6.45, 7) is 1.40. The first-order valence-corrected chi connectivity index (χ1v) is 13.4. The van der Waals surface area contributed by atoms with Crippen LogP contribution in [0.4, 0.5) is 11.4 Å². The molecule has 188 valence electrons. The van der Waals surface area contributed by atoms with Gasteiger partial charge in [0.2, 0.25) is 10.0 Å². The zero-order chi connectivity index (χ0) is 26.1. The second-order valence-corrected chi connectivity index (χ2v) is 10.6. The fraction of sp³-hybridized carbons (Fsp3) is 0.160. The van der Waals surface area contributed by atoms with Crippen molar-refractivity contribution in [1.82, 2.24) is 5.43 Å². The van der Waals surface area contributed by atoms with Gasteiger partial charge in [0, 0.05) is 10.2 Å². The molecule has 0 unspecified atom stereocenters. The number of hydrazone groups is 1. The third-order valence-electron chi connectivity index (χ3n) is 4.79.